The first-order chi connectivity index (χ1) is 7.13. The summed E-state index contributed by atoms with van der Waals surface area (Å²) in [6.45, 7) is 6.26. The van der Waals surface area contributed by atoms with Crippen molar-refractivity contribution in [3.63, 3.8) is 0 Å². The van der Waals surface area contributed by atoms with E-state index in [2.05, 4.69) is 0 Å². The van der Waals surface area contributed by atoms with Gasteiger partial charge in [0.1, 0.15) is 0 Å². The molecule has 0 unspecified atom stereocenters. The molecule has 0 N–H and O–H groups in total. The second kappa shape index (κ2) is 4.12. The normalized spacial score (nSPS) is 25.1. The monoisotopic (exact) mass is 211 g/mol. The number of nitrogens with zero attached hydrogens (tertiary/aromatic N) is 1. The molecule has 1 amide bonds. The number of ether oxygens (including phenoxy) is 1. The largest absolute Gasteiger partial charge is 0.371 e. The van der Waals surface area contributed by atoms with Gasteiger partial charge in [-0.25, -0.2) is 0 Å². The van der Waals surface area contributed by atoms with Gasteiger partial charge in [0.25, 0.3) is 0 Å². The zero-order chi connectivity index (χ0) is 10.9. The van der Waals surface area contributed by atoms with Crippen LogP contribution in [0.2, 0.25) is 0 Å². The average Bonchev–Trinajstić information content (AvgIpc) is 2.65. The van der Waals surface area contributed by atoms with Crippen molar-refractivity contribution >= 4 is 5.91 Å². The summed E-state index contributed by atoms with van der Waals surface area (Å²) in [7, 11) is 0. The molecule has 0 aromatic heterocycles. The molecule has 86 valence electrons. The Balaban J connectivity index is 2.00. The molecule has 0 aromatic carbocycles. The zero-order valence-electron chi connectivity index (χ0n) is 9.79. The minimum Gasteiger partial charge on any atom is -0.371 e. The molecular weight excluding hydrogens is 190 g/mol. The molecule has 0 bridgehead atoms. The first kappa shape index (κ1) is 10.9. The van der Waals surface area contributed by atoms with E-state index >= 15 is 0 Å². The van der Waals surface area contributed by atoms with Crippen molar-refractivity contribution in [3.8, 4) is 0 Å². The van der Waals surface area contributed by atoms with Crippen LogP contribution in [-0.4, -0.2) is 36.1 Å². The number of carbonyl (C=O) groups is 1. The lowest BCUT2D eigenvalue weighted by Gasteiger charge is -2.41. The summed E-state index contributed by atoms with van der Waals surface area (Å²) < 4.78 is 5.89. The Labute approximate surface area is 91.8 Å². The highest BCUT2D eigenvalue weighted by molar-refractivity contribution is 5.78. The molecule has 1 aliphatic heterocycles. The van der Waals surface area contributed by atoms with Crippen LogP contribution in [0.25, 0.3) is 0 Å². The van der Waals surface area contributed by atoms with Gasteiger partial charge in [0.2, 0.25) is 5.91 Å². The summed E-state index contributed by atoms with van der Waals surface area (Å²) >= 11 is 0. The SMILES string of the molecule is CC(C)C(=O)N1CCOC2(CCCC2)C1. The number of amides is 1. The molecule has 1 aliphatic carbocycles. The summed E-state index contributed by atoms with van der Waals surface area (Å²) in [6, 6.07) is 0. The Hall–Kier alpha value is -0.570. The van der Waals surface area contributed by atoms with Gasteiger partial charge in [-0.1, -0.05) is 26.7 Å². The van der Waals surface area contributed by atoms with E-state index in [0.29, 0.717) is 0 Å². The van der Waals surface area contributed by atoms with Gasteiger partial charge in [0, 0.05) is 19.0 Å². The molecule has 3 heteroatoms. The molecule has 0 atom stereocenters. The van der Waals surface area contributed by atoms with Crippen molar-refractivity contribution in [1.29, 1.82) is 0 Å². The van der Waals surface area contributed by atoms with Crippen molar-refractivity contribution in [2.45, 2.75) is 45.1 Å². The lowest BCUT2D eigenvalue weighted by molar-refractivity contribution is -0.152. The van der Waals surface area contributed by atoms with Crippen LogP contribution in [0.4, 0.5) is 0 Å². The maximum Gasteiger partial charge on any atom is 0.225 e. The molecule has 2 rings (SSSR count). The lowest BCUT2D eigenvalue weighted by atomic mass is 9.99. The second-order valence-electron chi connectivity index (χ2n) is 5.15. The third-order valence-electron chi connectivity index (χ3n) is 3.57. The average molecular weight is 211 g/mol. The van der Waals surface area contributed by atoms with Crippen molar-refractivity contribution < 1.29 is 9.53 Å². The standard InChI is InChI=1S/C12H21NO2/c1-10(2)11(14)13-7-8-15-12(9-13)5-3-4-6-12/h10H,3-9H2,1-2H3. The van der Waals surface area contributed by atoms with Crippen molar-refractivity contribution in [2.75, 3.05) is 19.7 Å². The molecule has 3 nitrogen and oxygen atoms in total. The number of rotatable bonds is 1. The number of carbonyl (C=O) groups excluding carboxylic acids is 1. The van der Waals surface area contributed by atoms with Gasteiger partial charge < -0.3 is 9.64 Å². The first-order valence-electron chi connectivity index (χ1n) is 6.06. The van der Waals surface area contributed by atoms with Gasteiger partial charge in [-0.2, -0.15) is 0 Å². The van der Waals surface area contributed by atoms with E-state index in [-0.39, 0.29) is 17.4 Å². The second-order valence-corrected chi connectivity index (χ2v) is 5.15. The molecular formula is C12H21NO2. The van der Waals surface area contributed by atoms with Crippen LogP contribution in [0, 0.1) is 5.92 Å². The fraction of sp³-hybridized carbons (Fsp3) is 0.917. The Morgan fingerprint density at radius 2 is 2.00 bits per heavy atom. The van der Waals surface area contributed by atoms with Gasteiger partial charge in [0.15, 0.2) is 0 Å². The van der Waals surface area contributed by atoms with Crippen LogP contribution in [0.3, 0.4) is 0 Å². The molecule has 0 aromatic rings. The highest BCUT2D eigenvalue weighted by atomic mass is 16.5. The smallest absolute Gasteiger partial charge is 0.225 e. The van der Waals surface area contributed by atoms with Crippen LogP contribution < -0.4 is 0 Å². The van der Waals surface area contributed by atoms with E-state index in [1.54, 1.807) is 0 Å². The van der Waals surface area contributed by atoms with Crippen LogP contribution in [0.1, 0.15) is 39.5 Å². The predicted molar refractivity (Wildman–Crippen MR) is 58.6 cm³/mol. The summed E-state index contributed by atoms with van der Waals surface area (Å²) in [6.07, 6.45) is 4.77. The van der Waals surface area contributed by atoms with Gasteiger partial charge in [0.05, 0.1) is 12.2 Å². The lowest BCUT2D eigenvalue weighted by Crippen LogP contribution is -2.53. The van der Waals surface area contributed by atoms with E-state index in [1.165, 1.54) is 12.8 Å². The van der Waals surface area contributed by atoms with E-state index in [1.807, 2.05) is 18.7 Å². The van der Waals surface area contributed by atoms with Crippen LogP contribution in [0.15, 0.2) is 0 Å². The topological polar surface area (TPSA) is 29.5 Å². The molecule has 1 saturated heterocycles. The third-order valence-corrected chi connectivity index (χ3v) is 3.57. The van der Waals surface area contributed by atoms with Gasteiger partial charge in [-0.3, -0.25) is 4.79 Å². The van der Waals surface area contributed by atoms with Crippen molar-refractivity contribution in [2.24, 2.45) is 5.92 Å². The van der Waals surface area contributed by atoms with Gasteiger partial charge in [-0.05, 0) is 12.8 Å². The van der Waals surface area contributed by atoms with E-state index in [9.17, 15) is 4.79 Å². The number of morpholine rings is 1. The minimum atomic E-state index is 0.0167. The maximum atomic E-state index is 11.9. The maximum absolute atomic E-state index is 11.9. The van der Waals surface area contributed by atoms with Crippen molar-refractivity contribution in [3.05, 3.63) is 0 Å². The van der Waals surface area contributed by atoms with Crippen LogP contribution in [-0.2, 0) is 9.53 Å². The summed E-state index contributed by atoms with van der Waals surface area (Å²) in [4.78, 5) is 13.9. The Kier molecular flexibility index (Phi) is 3.01. The van der Waals surface area contributed by atoms with E-state index in [4.69, 9.17) is 4.74 Å². The summed E-state index contributed by atoms with van der Waals surface area (Å²) in [5.41, 5.74) is 0.0167. The molecule has 1 heterocycles. The molecule has 1 spiro atoms. The Morgan fingerprint density at radius 1 is 1.33 bits per heavy atom. The zero-order valence-corrected chi connectivity index (χ0v) is 9.79. The highest BCUT2D eigenvalue weighted by Crippen LogP contribution is 2.36. The van der Waals surface area contributed by atoms with Gasteiger partial charge >= 0.3 is 0 Å². The first-order valence-corrected chi connectivity index (χ1v) is 6.06. The summed E-state index contributed by atoms with van der Waals surface area (Å²) in [5, 5.41) is 0. The minimum absolute atomic E-state index is 0.0167. The molecule has 15 heavy (non-hydrogen) atoms. The van der Waals surface area contributed by atoms with Crippen LogP contribution in [0.5, 0.6) is 0 Å². The van der Waals surface area contributed by atoms with Crippen LogP contribution >= 0.6 is 0 Å². The number of hydrogen-bond acceptors (Lipinski definition) is 2. The highest BCUT2D eigenvalue weighted by Gasteiger charge is 2.40. The van der Waals surface area contributed by atoms with Crippen molar-refractivity contribution in [1.82, 2.24) is 4.90 Å². The van der Waals surface area contributed by atoms with E-state index < -0.39 is 0 Å². The molecule has 2 aliphatic rings. The molecule has 2 fully saturated rings. The fourth-order valence-electron chi connectivity index (χ4n) is 2.72. The van der Waals surface area contributed by atoms with E-state index in [0.717, 1.165) is 32.5 Å². The third kappa shape index (κ3) is 2.17. The Bertz CT molecular complexity index is 244. The molecule has 0 radical (unpaired) electrons. The Morgan fingerprint density at radius 3 is 2.60 bits per heavy atom. The van der Waals surface area contributed by atoms with Gasteiger partial charge in [-0.15, -0.1) is 0 Å². The summed E-state index contributed by atoms with van der Waals surface area (Å²) in [5.74, 6) is 0.395. The predicted octanol–water partition coefficient (Wildman–Crippen LogP) is 1.81. The molecule has 1 saturated carbocycles. The fourth-order valence-corrected chi connectivity index (χ4v) is 2.72. The quantitative estimate of drug-likeness (QED) is 0.662. The number of hydrogen-bond donors (Lipinski definition) is 0.